The lowest BCUT2D eigenvalue weighted by molar-refractivity contribution is 0.394. The van der Waals surface area contributed by atoms with Gasteiger partial charge in [0.05, 0.1) is 14.2 Å². The minimum atomic E-state index is 0.396. The van der Waals surface area contributed by atoms with E-state index in [1.807, 2.05) is 24.3 Å². The third-order valence-electron chi connectivity index (χ3n) is 2.58. The molecule has 0 fully saturated rings. The number of ether oxygens (including phenoxy) is 2. The molecule has 1 atom stereocenters. The second kappa shape index (κ2) is 6.36. The van der Waals surface area contributed by atoms with Gasteiger partial charge < -0.3 is 9.47 Å². The van der Waals surface area contributed by atoms with Crippen LogP contribution in [0.25, 0.3) is 6.08 Å². The highest BCUT2D eigenvalue weighted by Gasteiger charge is 2.02. The zero-order valence-corrected chi connectivity index (χ0v) is 11.3. The molecule has 0 bridgehead atoms. The van der Waals surface area contributed by atoms with Crippen LogP contribution in [-0.4, -0.2) is 19.5 Å². The van der Waals surface area contributed by atoms with Gasteiger partial charge in [-0.3, -0.25) is 0 Å². The first-order valence-corrected chi connectivity index (χ1v) is 6.66. The van der Waals surface area contributed by atoms with Crippen molar-refractivity contribution in [3.63, 3.8) is 0 Å². The summed E-state index contributed by atoms with van der Waals surface area (Å²) in [6, 6.07) is 5.85. The minimum Gasteiger partial charge on any atom is -0.497 e. The lowest BCUT2D eigenvalue weighted by atomic mass is 10.1. The smallest absolute Gasteiger partial charge is 0.123 e. The molecule has 18 heavy (non-hydrogen) atoms. The van der Waals surface area contributed by atoms with E-state index in [0.29, 0.717) is 5.25 Å². The average molecular weight is 260 g/mol. The van der Waals surface area contributed by atoms with Crippen molar-refractivity contribution in [1.82, 2.24) is 0 Å². The fraction of sp³-hybridized carbons (Fsp3) is 0.200. The minimum absolute atomic E-state index is 0.396. The second-order valence-corrected chi connectivity index (χ2v) is 4.91. The Kier molecular flexibility index (Phi) is 4.53. The van der Waals surface area contributed by atoms with E-state index in [-0.39, 0.29) is 0 Å². The van der Waals surface area contributed by atoms with Gasteiger partial charge in [-0.1, -0.05) is 30.4 Å². The summed E-state index contributed by atoms with van der Waals surface area (Å²) < 4.78 is 10.5. The van der Waals surface area contributed by atoms with Crippen molar-refractivity contribution in [2.75, 3.05) is 14.2 Å². The maximum atomic E-state index is 5.24. The van der Waals surface area contributed by atoms with Crippen LogP contribution >= 0.6 is 11.8 Å². The van der Waals surface area contributed by atoms with Gasteiger partial charge in [0.1, 0.15) is 11.5 Å². The summed E-state index contributed by atoms with van der Waals surface area (Å²) in [5, 5.41) is 2.49. The fourth-order valence-corrected chi connectivity index (χ4v) is 2.36. The lowest BCUT2D eigenvalue weighted by Crippen LogP contribution is -1.93. The van der Waals surface area contributed by atoms with Gasteiger partial charge in [-0.15, -0.1) is 11.8 Å². The van der Waals surface area contributed by atoms with Crippen molar-refractivity contribution in [3.05, 3.63) is 53.5 Å². The van der Waals surface area contributed by atoms with Crippen LogP contribution in [0.2, 0.25) is 0 Å². The van der Waals surface area contributed by atoms with E-state index >= 15 is 0 Å². The summed E-state index contributed by atoms with van der Waals surface area (Å²) in [5.74, 6) is 1.61. The van der Waals surface area contributed by atoms with Crippen molar-refractivity contribution in [3.8, 4) is 11.5 Å². The van der Waals surface area contributed by atoms with Gasteiger partial charge in [0.25, 0.3) is 0 Å². The summed E-state index contributed by atoms with van der Waals surface area (Å²) in [6.07, 6.45) is 10.5. The average Bonchev–Trinajstić information content (AvgIpc) is 2.45. The van der Waals surface area contributed by atoms with Crippen molar-refractivity contribution >= 4 is 17.8 Å². The highest BCUT2D eigenvalue weighted by atomic mass is 32.2. The largest absolute Gasteiger partial charge is 0.497 e. The van der Waals surface area contributed by atoms with Crippen LogP contribution in [0.5, 0.6) is 11.5 Å². The lowest BCUT2D eigenvalue weighted by Gasteiger charge is -2.08. The maximum absolute atomic E-state index is 5.24. The van der Waals surface area contributed by atoms with Gasteiger partial charge in [0.2, 0.25) is 0 Å². The molecule has 94 valence electrons. The van der Waals surface area contributed by atoms with Crippen LogP contribution in [0.4, 0.5) is 0 Å². The summed E-state index contributed by atoms with van der Waals surface area (Å²) >= 11 is 1.79. The molecule has 2 rings (SSSR count). The predicted molar refractivity (Wildman–Crippen MR) is 78.2 cm³/mol. The summed E-state index contributed by atoms with van der Waals surface area (Å²) in [6.45, 7) is 0. The Morgan fingerprint density at radius 1 is 1.06 bits per heavy atom. The van der Waals surface area contributed by atoms with Crippen molar-refractivity contribution in [2.24, 2.45) is 0 Å². The van der Waals surface area contributed by atoms with Gasteiger partial charge in [0.15, 0.2) is 0 Å². The Morgan fingerprint density at radius 3 is 2.33 bits per heavy atom. The molecule has 0 aromatic heterocycles. The molecular weight excluding hydrogens is 244 g/mol. The molecule has 1 heterocycles. The van der Waals surface area contributed by atoms with Gasteiger partial charge in [-0.05, 0) is 23.1 Å². The van der Waals surface area contributed by atoms with Crippen LogP contribution in [-0.2, 0) is 0 Å². The number of methoxy groups -OCH3 is 2. The van der Waals surface area contributed by atoms with Crippen LogP contribution in [0, 0.1) is 0 Å². The van der Waals surface area contributed by atoms with Crippen LogP contribution in [0.15, 0.2) is 47.9 Å². The molecule has 0 spiro atoms. The van der Waals surface area contributed by atoms with Crippen LogP contribution < -0.4 is 9.47 Å². The van der Waals surface area contributed by atoms with Crippen molar-refractivity contribution < 1.29 is 9.47 Å². The zero-order valence-electron chi connectivity index (χ0n) is 10.5. The molecule has 1 aromatic rings. The van der Waals surface area contributed by atoms with E-state index in [4.69, 9.17) is 9.47 Å². The highest BCUT2D eigenvalue weighted by Crippen LogP contribution is 2.25. The van der Waals surface area contributed by atoms with Gasteiger partial charge in [-0.25, -0.2) is 0 Å². The van der Waals surface area contributed by atoms with Gasteiger partial charge >= 0.3 is 0 Å². The maximum Gasteiger partial charge on any atom is 0.123 e. The molecule has 1 aliphatic rings. The standard InChI is InChI=1S/C15H16O2S/c1-16-13-9-12(10-14(11-13)17-2)6-7-15-5-3-4-8-18-15/h3-11,15H,1-2H3/b7-6+. The Hall–Kier alpha value is -1.61. The van der Waals surface area contributed by atoms with E-state index in [9.17, 15) is 0 Å². The zero-order chi connectivity index (χ0) is 12.8. The molecular formula is C15H16O2S. The second-order valence-electron chi connectivity index (χ2n) is 3.82. The van der Waals surface area contributed by atoms with E-state index in [1.165, 1.54) is 0 Å². The number of rotatable bonds is 4. The molecule has 1 aliphatic heterocycles. The number of thioether (sulfide) groups is 1. The molecule has 0 radical (unpaired) electrons. The monoisotopic (exact) mass is 260 g/mol. The third-order valence-corrected chi connectivity index (χ3v) is 3.52. The quantitative estimate of drug-likeness (QED) is 0.818. The normalized spacial score (nSPS) is 18.2. The molecule has 0 saturated carbocycles. The number of hydrogen-bond acceptors (Lipinski definition) is 3. The molecule has 0 aliphatic carbocycles. The van der Waals surface area contributed by atoms with Crippen molar-refractivity contribution in [1.29, 1.82) is 0 Å². The molecule has 2 nitrogen and oxygen atoms in total. The van der Waals surface area contributed by atoms with Gasteiger partial charge in [0, 0.05) is 11.3 Å². The number of hydrogen-bond donors (Lipinski definition) is 0. The first kappa shape index (κ1) is 12.8. The molecule has 0 N–H and O–H groups in total. The summed E-state index contributed by atoms with van der Waals surface area (Å²) in [7, 11) is 3.32. The SMILES string of the molecule is COc1cc(/C=C/C2C=CC=CS2)cc(OC)c1. The molecule has 0 saturated heterocycles. The van der Waals surface area contributed by atoms with Crippen LogP contribution in [0.1, 0.15) is 5.56 Å². The fourth-order valence-electron chi connectivity index (χ4n) is 1.64. The Bertz CT molecular complexity index is 467. The first-order chi connectivity index (χ1) is 8.81. The highest BCUT2D eigenvalue weighted by molar-refractivity contribution is 8.03. The van der Waals surface area contributed by atoms with Gasteiger partial charge in [-0.2, -0.15) is 0 Å². The third kappa shape index (κ3) is 3.44. The van der Waals surface area contributed by atoms with E-state index < -0.39 is 0 Å². The predicted octanol–water partition coefficient (Wildman–Crippen LogP) is 3.90. The molecule has 3 heteroatoms. The van der Waals surface area contributed by atoms with Crippen molar-refractivity contribution in [2.45, 2.75) is 5.25 Å². The topological polar surface area (TPSA) is 18.5 Å². The first-order valence-electron chi connectivity index (χ1n) is 5.72. The molecule has 1 aromatic carbocycles. The van der Waals surface area contributed by atoms with E-state index in [2.05, 4.69) is 29.7 Å². The molecule has 0 amide bonds. The number of benzene rings is 1. The Morgan fingerprint density at radius 2 is 1.78 bits per heavy atom. The molecule has 1 unspecified atom stereocenters. The van der Waals surface area contributed by atoms with Crippen LogP contribution in [0.3, 0.4) is 0 Å². The Labute approximate surface area is 112 Å². The summed E-state index contributed by atoms with van der Waals surface area (Å²) in [5.41, 5.74) is 1.08. The number of allylic oxidation sites excluding steroid dienone is 2. The van der Waals surface area contributed by atoms with E-state index in [0.717, 1.165) is 17.1 Å². The summed E-state index contributed by atoms with van der Waals surface area (Å²) in [4.78, 5) is 0. The van der Waals surface area contributed by atoms with E-state index in [1.54, 1.807) is 26.0 Å². The Balaban J connectivity index is 2.14.